The minimum atomic E-state index is -1.01. The van der Waals surface area contributed by atoms with Gasteiger partial charge in [-0.05, 0) is 73.1 Å². The molecule has 6 N–H and O–H groups in total. The standard InChI is InChI=1S/C26H30N4O3/c27-15-24(26(32)30-33)29-25(31)21-10-7-18(8-11-21)2-1-17-3-5-19(6-4-17)16-28-23-14-20-9-12-22(23)13-20/h3-8,10-11,20,22-24,28,33H,9,12-16,27H2,(H,29,31)(H,30,32)/t20-,22+,23?,24+/m1/s1. The van der Waals surface area contributed by atoms with E-state index in [1.54, 1.807) is 24.3 Å². The smallest absolute Gasteiger partial charge is 0.267 e. The number of carbonyl (C=O) groups excluding carboxylic acids is 2. The van der Waals surface area contributed by atoms with Gasteiger partial charge in [-0.25, -0.2) is 5.48 Å². The summed E-state index contributed by atoms with van der Waals surface area (Å²) in [6, 6.07) is 14.7. The van der Waals surface area contributed by atoms with E-state index in [2.05, 4.69) is 34.6 Å². The van der Waals surface area contributed by atoms with E-state index in [0.29, 0.717) is 11.6 Å². The number of amides is 2. The molecule has 7 nitrogen and oxygen atoms in total. The zero-order valence-corrected chi connectivity index (χ0v) is 18.5. The molecule has 2 saturated carbocycles. The molecule has 2 aliphatic rings. The molecule has 2 aromatic carbocycles. The second-order valence-electron chi connectivity index (χ2n) is 8.92. The van der Waals surface area contributed by atoms with Crippen molar-refractivity contribution in [3.05, 3.63) is 70.8 Å². The van der Waals surface area contributed by atoms with Gasteiger partial charge >= 0.3 is 0 Å². The lowest BCUT2D eigenvalue weighted by molar-refractivity contribution is -0.130. The van der Waals surface area contributed by atoms with Crippen LogP contribution in [0, 0.1) is 23.7 Å². The normalized spacial score (nSPS) is 21.7. The lowest BCUT2D eigenvalue weighted by Gasteiger charge is -2.23. The summed E-state index contributed by atoms with van der Waals surface area (Å²) < 4.78 is 0. The van der Waals surface area contributed by atoms with Gasteiger partial charge in [-0.3, -0.25) is 14.8 Å². The van der Waals surface area contributed by atoms with E-state index in [0.717, 1.165) is 29.5 Å². The van der Waals surface area contributed by atoms with Crippen molar-refractivity contribution in [2.45, 2.75) is 44.3 Å². The molecule has 0 aliphatic heterocycles. The van der Waals surface area contributed by atoms with Gasteiger partial charge in [-0.15, -0.1) is 0 Å². The lowest BCUT2D eigenvalue weighted by atomic mass is 9.95. The zero-order chi connectivity index (χ0) is 23.2. The summed E-state index contributed by atoms with van der Waals surface area (Å²) >= 11 is 0. The number of nitrogens with two attached hydrogens (primary N) is 1. The summed E-state index contributed by atoms with van der Waals surface area (Å²) in [5.41, 5.74) is 10.3. The Morgan fingerprint density at radius 1 is 1.00 bits per heavy atom. The van der Waals surface area contributed by atoms with Gasteiger partial charge < -0.3 is 16.4 Å². The van der Waals surface area contributed by atoms with Crippen molar-refractivity contribution in [3.8, 4) is 11.8 Å². The van der Waals surface area contributed by atoms with Crippen LogP contribution in [-0.4, -0.2) is 35.7 Å². The van der Waals surface area contributed by atoms with Crippen molar-refractivity contribution >= 4 is 11.8 Å². The van der Waals surface area contributed by atoms with Crippen LogP contribution < -0.4 is 21.8 Å². The van der Waals surface area contributed by atoms with E-state index in [1.807, 2.05) is 12.1 Å². The molecule has 4 rings (SSSR count). The second-order valence-corrected chi connectivity index (χ2v) is 8.92. The van der Waals surface area contributed by atoms with Crippen molar-refractivity contribution in [1.29, 1.82) is 0 Å². The van der Waals surface area contributed by atoms with E-state index >= 15 is 0 Å². The molecule has 2 amide bonds. The molecule has 0 radical (unpaired) electrons. The number of rotatable bonds is 7. The van der Waals surface area contributed by atoms with Gasteiger partial charge in [0.1, 0.15) is 6.04 Å². The molecule has 7 heteroatoms. The summed E-state index contributed by atoms with van der Waals surface area (Å²) in [5, 5.41) is 14.9. The van der Waals surface area contributed by atoms with Crippen molar-refractivity contribution in [1.82, 2.24) is 16.1 Å². The first kappa shape index (κ1) is 23.0. The number of hydroxylamine groups is 1. The average molecular weight is 447 g/mol. The summed E-state index contributed by atoms with van der Waals surface area (Å²) in [7, 11) is 0. The topological polar surface area (TPSA) is 116 Å². The molecule has 0 saturated heterocycles. The van der Waals surface area contributed by atoms with Crippen LogP contribution in [0.2, 0.25) is 0 Å². The first-order valence-corrected chi connectivity index (χ1v) is 11.4. The number of hydrogen-bond donors (Lipinski definition) is 5. The Bertz CT molecular complexity index is 1040. The lowest BCUT2D eigenvalue weighted by Crippen LogP contribution is -2.50. The van der Waals surface area contributed by atoms with E-state index in [1.165, 1.54) is 36.7 Å². The van der Waals surface area contributed by atoms with Crippen molar-refractivity contribution < 1.29 is 14.8 Å². The fraction of sp³-hybridized carbons (Fsp3) is 0.385. The number of hydrogen-bond acceptors (Lipinski definition) is 5. The minimum absolute atomic E-state index is 0.127. The number of benzene rings is 2. The highest BCUT2D eigenvalue weighted by Gasteiger charge is 2.38. The first-order chi connectivity index (χ1) is 16.1. The van der Waals surface area contributed by atoms with Crippen LogP contribution in [0.4, 0.5) is 0 Å². The molecule has 0 heterocycles. The van der Waals surface area contributed by atoms with Gasteiger partial charge in [-0.1, -0.05) is 30.4 Å². The third-order valence-corrected chi connectivity index (χ3v) is 6.73. The maximum atomic E-state index is 12.3. The SMILES string of the molecule is NC[C@H](NC(=O)c1ccc(C#Cc2ccc(CNC3C[C@@H]4CC[C@H]3C4)cc2)cc1)C(=O)NO. The Balaban J connectivity index is 1.29. The summed E-state index contributed by atoms with van der Waals surface area (Å²) in [6.07, 6.45) is 5.55. The molecule has 2 bridgehead atoms. The quantitative estimate of drug-likeness (QED) is 0.253. The van der Waals surface area contributed by atoms with E-state index < -0.39 is 17.9 Å². The Morgan fingerprint density at radius 2 is 1.67 bits per heavy atom. The van der Waals surface area contributed by atoms with Crippen LogP contribution >= 0.6 is 0 Å². The molecular weight excluding hydrogens is 416 g/mol. The molecule has 0 aromatic heterocycles. The van der Waals surface area contributed by atoms with Crippen molar-refractivity contribution in [2.75, 3.05) is 6.54 Å². The fourth-order valence-corrected chi connectivity index (χ4v) is 4.85. The molecular formula is C26H30N4O3. The van der Waals surface area contributed by atoms with Crippen LogP contribution in [0.15, 0.2) is 48.5 Å². The molecule has 172 valence electrons. The number of fused-ring (bicyclic) bond motifs is 2. The maximum Gasteiger partial charge on any atom is 0.267 e. The van der Waals surface area contributed by atoms with Crippen LogP contribution in [0.5, 0.6) is 0 Å². The van der Waals surface area contributed by atoms with Crippen LogP contribution in [-0.2, 0) is 11.3 Å². The van der Waals surface area contributed by atoms with Crippen molar-refractivity contribution in [3.63, 3.8) is 0 Å². The van der Waals surface area contributed by atoms with Gasteiger partial charge in [0.2, 0.25) is 0 Å². The van der Waals surface area contributed by atoms with Gasteiger partial charge in [0.15, 0.2) is 0 Å². The largest absolute Gasteiger partial charge is 0.339 e. The van der Waals surface area contributed by atoms with E-state index in [-0.39, 0.29) is 6.54 Å². The Hall–Kier alpha value is -3.18. The molecule has 33 heavy (non-hydrogen) atoms. The van der Waals surface area contributed by atoms with Gasteiger partial charge in [-0.2, -0.15) is 0 Å². The molecule has 2 aromatic rings. The minimum Gasteiger partial charge on any atom is -0.339 e. The Morgan fingerprint density at radius 3 is 2.21 bits per heavy atom. The summed E-state index contributed by atoms with van der Waals surface area (Å²) in [6.45, 7) is 0.772. The molecule has 2 aliphatic carbocycles. The van der Waals surface area contributed by atoms with Gasteiger partial charge in [0.25, 0.3) is 11.8 Å². The predicted molar refractivity (Wildman–Crippen MR) is 125 cm³/mol. The fourth-order valence-electron chi connectivity index (χ4n) is 4.85. The predicted octanol–water partition coefficient (Wildman–Crippen LogP) is 1.93. The highest BCUT2D eigenvalue weighted by molar-refractivity contribution is 5.97. The average Bonchev–Trinajstić information content (AvgIpc) is 3.48. The Labute approximate surface area is 194 Å². The van der Waals surface area contributed by atoms with Crippen LogP contribution in [0.3, 0.4) is 0 Å². The molecule has 1 unspecified atom stereocenters. The third-order valence-electron chi connectivity index (χ3n) is 6.73. The molecule has 0 spiro atoms. The van der Waals surface area contributed by atoms with E-state index in [4.69, 9.17) is 10.9 Å². The number of nitrogens with one attached hydrogen (secondary N) is 3. The number of carbonyl (C=O) groups is 2. The summed E-state index contributed by atoms with van der Waals surface area (Å²) in [5.74, 6) is 6.86. The third kappa shape index (κ3) is 5.79. The van der Waals surface area contributed by atoms with Gasteiger partial charge in [0.05, 0.1) is 0 Å². The van der Waals surface area contributed by atoms with Crippen LogP contribution in [0.1, 0.15) is 52.7 Å². The second kappa shape index (κ2) is 10.6. The Kier molecular flexibility index (Phi) is 7.40. The van der Waals surface area contributed by atoms with Crippen LogP contribution in [0.25, 0.3) is 0 Å². The monoisotopic (exact) mass is 446 g/mol. The first-order valence-electron chi connectivity index (χ1n) is 11.4. The molecule has 4 atom stereocenters. The van der Waals surface area contributed by atoms with E-state index in [9.17, 15) is 9.59 Å². The summed E-state index contributed by atoms with van der Waals surface area (Å²) in [4.78, 5) is 23.7. The highest BCUT2D eigenvalue weighted by Crippen LogP contribution is 2.44. The molecule has 2 fully saturated rings. The highest BCUT2D eigenvalue weighted by atomic mass is 16.5. The van der Waals surface area contributed by atoms with Gasteiger partial charge in [0, 0.05) is 35.8 Å². The zero-order valence-electron chi connectivity index (χ0n) is 18.5. The van der Waals surface area contributed by atoms with Crippen molar-refractivity contribution in [2.24, 2.45) is 17.6 Å². The maximum absolute atomic E-state index is 12.3.